The van der Waals surface area contributed by atoms with Gasteiger partial charge in [0.25, 0.3) is 0 Å². The van der Waals surface area contributed by atoms with Gasteiger partial charge in [-0.25, -0.2) is 0 Å². The molecule has 0 saturated heterocycles. The number of aliphatic hydroxyl groups is 1. The van der Waals surface area contributed by atoms with Crippen LogP contribution in [0.1, 0.15) is 33.1 Å². The molecule has 2 N–H and O–H groups in total. The van der Waals surface area contributed by atoms with Crippen molar-refractivity contribution in [3.8, 4) is 0 Å². The first-order valence-electron chi connectivity index (χ1n) is 5.18. The Labute approximate surface area is 85.6 Å². The first-order chi connectivity index (χ1) is 6.70. The largest absolute Gasteiger partial charge is 0.396 e. The summed E-state index contributed by atoms with van der Waals surface area (Å²) in [6, 6.07) is 0.135. The zero-order valence-electron chi connectivity index (χ0n) is 9.08. The lowest BCUT2D eigenvalue weighted by Crippen LogP contribution is -2.33. The van der Waals surface area contributed by atoms with Gasteiger partial charge in [0, 0.05) is 25.7 Å². The molecule has 1 amide bonds. The van der Waals surface area contributed by atoms with E-state index in [4.69, 9.17) is 9.84 Å². The molecule has 0 spiro atoms. The SMILES string of the molecule is CCOCCC(=O)NC(C)CCCO. The van der Waals surface area contributed by atoms with Crippen molar-refractivity contribution in [3.05, 3.63) is 0 Å². The Bertz CT molecular complexity index is 150. The molecule has 4 heteroatoms. The lowest BCUT2D eigenvalue weighted by atomic mass is 10.2. The number of hydrogen-bond donors (Lipinski definition) is 2. The third kappa shape index (κ3) is 8.01. The average Bonchev–Trinajstić information content (AvgIpc) is 2.15. The molecule has 1 atom stereocenters. The van der Waals surface area contributed by atoms with Crippen LogP contribution in [0.4, 0.5) is 0 Å². The van der Waals surface area contributed by atoms with E-state index >= 15 is 0 Å². The summed E-state index contributed by atoms with van der Waals surface area (Å²) in [6.07, 6.45) is 1.96. The zero-order chi connectivity index (χ0) is 10.8. The summed E-state index contributed by atoms with van der Waals surface area (Å²) in [5.41, 5.74) is 0. The number of aliphatic hydroxyl groups excluding tert-OH is 1. The minimum Gasteiger partial charge on any atom is -0.396 e. The maximum Gasteiger partial charge on any atom is 0.222 e. The maximum absolute atomic E-state index is 11.2. The van der Waals surface area contributed by atoms with Gasteiger partial charge in [-0.15, -0.1) is 0 Å². The molecular weight excluding hydrogens is 182 g/mol. The van der Waals surface area contributed by atoms with Crippen LogP contribution < -0.4 is 5.32 Å². The Morgan fingerprint density at radius 2 is 2.29 bits per heavy atom. The zero-order valence-corrected chi connectivity index (χ0v) is 9.08. The van der Waals surface area contributed by atoms with Crippen molar-refractivity contribution in [2.75, 3.05) is 19.8 Å². The van der Waals surface area contributed by atoms with E-state index in [9.17, 15) is 4.79 Å². The number of nitrogens with one attached hydrogen (secondary N) is 1. The van der Waals surface area contributed by atoms with Gasteiger partial charge in [0.2, 0.25) is 5.91 Å². The molecule has 0 saturated carbocycles. The molecule has 0 aliphatic heterocycles. The van der Waals surface area contributed by atoms with E-state index in [0.29, 0.717) is 19.6 Å². The van der Waals surface area contributed by atoms with Crippen molar-refractivity contribution in [2.45, 2.75) is 39.2 Å². The number of carbonyl (C=O) groups excluding carboxylic acids is 1. The molecule has 1 unspecified atom stereocenters. The molecule has 0 fully saturated rings. The number of ether oxygens (including phenoxy) is 1. The highest BCUT2D eigenvalue weighted by atomic mass is 16.5. The average molecular weight is 203 g/mol. The Hall–Kier alpha value is -0.610. The number of rotatable bonds is 8. The van der Waals surface area contributed by atoms with E-state index in [1.54, 1.807) is 0 Å². The van der Waals surface area contributed by atoms with E-state index in [-0.39, 0.29) is 18.6 Å². The number of hydrogen-bond acceptors (Lipinski definition) is 3. The van der Waals surface area contributed by atoms with Gasteiger partial charge in [0.05, 0.1) is 6.61 Å². The van der Waals surface area contributed by atoms with Gasteiger partial charge in [-0.2, -0.15) is 0 Å². The topological polar surface area (TPSA) is 58.6 Å². The van der Waals surface area contributed by atoms with Crippen LogP contribution in [-0.2, 0) is 9.53 Å². The fourth-order valence-corrected chi connectivity index (χ4v) is 1.13. The van der Waals surface area contributed by atoms with Crippen LogP contribution >= 0.6 is 0 Å². The summed E-state index contributed by atoms with van der Waals surface area (Å²) in [7, 11) is 0. The minimum atomic E-state index is 0.0175. The standard InChI is InChI=1S/C10H21NO3/c1-3-14-8-6-10(13)11-9(2)5-4-7-12/h9,12H,3-8H2,1-2H3,(H,11,13). The summed E-state index contributed by atoms with van der Waals surface area (Å²) in [6.45, 7) is 5.15. The second-order valence-electron chi connectivity index (χ2n) is 3.28. The van der Waals surface area contributed by atoms with Gasteiger partial charge in [-0.3, -0.25) is 4.79 Å². The fraction of sp³-hybridized carbons (Fsp3) is 0.900. The van der Waals surface area contributed by atoms with E-state index < -0.39 is 0 Å². The van der Waals surface area contributed by atoms with Crippen molar-refractivity contribution in [2.24, 2.45) is 0 Å². The molecule has 0 aliphatic carbocycles. The van der Waals surface area contributed by atoms with Crippen LogP contribution in [0.2, 0.25) is 0 Å². The van der Waals surface area contributed by atoms with Gasteiger partial charge in [-0.05, 0) is 26.7 Å². The molecule has 4 nitrogen and oxygen atoms in total. The predicted molar refractivity (Wildman–Crippen MR) is 55.0 cm³/mol. The Balaban J connectivity index is 3.40. The van der Waals surface area contributed by atoms with Gasteiger partial charge < -0.3 is 15.2 Å². The second-order valence-corrected chi connectivity index (χ2v) is 3.28. The molecule has 84 valence electrons. The third-order valence-electron chi connectivity index (χ3n) is 1.88. The molecule has 0 radical (unpaired) electrons. The first-order valence-corrected chi connectivity index (χ1v) is 5.18. The normalized spacial score (nSPS) is 12.5. The van der Waals surface area contributed by atoms with Gasteiger partial charge in [-0.1, -0.05) is 0 Å². The minimum absolute atomic E-state index is 0.0175. The smallest absolute Gasteiger partial charge is 0.222 e. The summed E-state index contributed by atoms with van der Waals surface area (Å²) < 4.78 is 5.07. The van der Waals surface area contributed by atoms with Gasteiger partial charge in [0.1, 0.15) is 0 Å². The van der Waals surface area contributed by atoms with Crippen molar-refractivity contribution < 1.29 is 14.6 Å². The monoisotopic (exact) mass is 203 g/mol. The lowest BCUT2D eigenvalue weighted by molar-refractivity contribution is -0.122. The molecule has 0 aromatic rings. The number of amides is 1. The summed E-state index contributed by atoms with van der Waals surface area (Å²) in [4.78, 5) is 11.2. The Kier molecular flexibility index (Phi) is 8.57. The van der Waals surface area contributed by atoms with Crippen LogP contribution in [0.15, 0.2) is 0 Å². The fourth-order valence-electron chi connectivity index (χ4n) is 1.13. The quantitative estimate of drug-likeness (QED) is 0.571. The van der Waals surface area contributed by atoms with Crippen molar-refractivity contribution in [1.82, 2.24) is 5.32 Å². The Morgan fingerprint density at radius 3 is 2.86 bits per heavy atom. The molecule has 0 bridgehead atoms. The molecular formula is C10H21NO3. The van der Waals surface area contributed by atoms with Crippen LogP contribution in [0.25, 0.3) is 0 Å². The second kappa shape index (κ2) is 8.97. The van der Waals surface area contributed by atoms with Crippen molar-refractivity contribution >= 4 is 5.91 Å². The highest BCUT2D eigenvalue weighted by Gasteiger charge is 2.06. The Morgan fingerprint density at radius 1 is 1.57 bits per heavy atom. The van der Waals surface area contributed by atoms with Crippen LogP contribution in [0, 0.1) is 0 Å². The highest BCUT2D eigenvalue weighted by molar-refractivity contribution is 5.76. The highest BCUT2D eigenvalue weighted by Crippen LogP contribution is 1.95. The summed E-state index contributed by atoms with van der Waals surface area (Å²) in [5.74, 6) is 0.0175. The van der Waals surface area contributed by atoms with Crippen LogP contribution in [-0.4, -0.2) is 36.9 Å². The third-order valence-corrected chi connectivity index (χ3v) is 1.88. The van der Waals surface area contributed by atoms with E-state index in [1.165, 1.54) is 0 Å². The molecule has 14 heavy (non-hydrogen) atoms. The summed E-state index contributed by atoms with van der Waals surface area (Å²) in [5, 5.41) is 11.4. The number of carbonyl (C=O) groups is 1. The van der Waals surface area contributed by atoms with Crippen molar-refractivity contribution in [3.63, 3.8) is 0 Å². The maximum atomic E-state index is 11.2. The molecule has 0 aromatic carbocycles. The predicted octanol–water partition coefficient (Wildman–Crippen LogP) is 0.690. The van der Waals surface area contributed by atoms with E-state index in [2.05, 4.69) is 5.32 Å². The summed E-state index contributed by atoms with van der Waals surface area (Å²) >= 11 is 0. The lowest BCUT2D eigenvalue weighted by Gasteiger charge is -2.12. The van der Waals surface area contributed by atoms with Crippen LogP contribution in [0.3, 0.4) is 0 Å². The molecule has 0 rings (SSSR count). The van der Waals surface area contributed by atoms with Crippen molar-refractivity contribution in [1.29, 1.82) is 0 Å². The molecule has 0 aromatic heterocycles. The first kappa shape index (κ1) is 13.4. The molecule has 0 heterocycles. The van der Waals surface area contributed by atoms with E-state index in [0.717, 1.165) is 12.8 Å². The van der Waals surface area contributed by atoms with E-state index in [1.807, 2.05) is 13.8 Å². The van der Waals surface area contributed by atoms with Crippen LogP contribution in [0.5, 0.6) is 0 Å². The van der Waals surface area contributed by atoms with Gasteiger partial charge in [0.15, 0.2) is 0 Å². The van der Waals surface area contributed by atoms with Gasteiger partial charge >= 0.3 is 0 Å². The molecule has 0 aliphatic rings.